The van der Waals surface area contributed by atoms with Crippen LogP contribution in [0.3, 0.4) is 0 Å². The van der Waals surface area contributed by atoms with Gasteiger partial charge in [0.1, 0.15) is 11.9 Å². The molecule has 0 radical (unpaired) electrons. The van der Waals surface area contributed by atoms with E-state index in [-0.39, 0.29) is 6.54 Å². The molecule has 20 heavy (non-hydrogen) atoms. The number of nitrogens with one attached hydrogen (secondary N) is 2. The Balaban J connectivity index is 2.46. The van der Waals surface area contributed by atoms with E-state index in [9.17, 15) is 14.0 Å². The highest BCUT2D eigenvalue weighted by atomic mass is 19.1. The molecule has 0 saturated heterocycles. The van der Waals surface area contributed by atoms with E-state index in [1.165, 1.54) is 6.07 Å². The summed E-state index contributed by atoms with van der Waals surface area (Å²) in [5.41, 5.74) is 0.350. The molecule has 5 nitrogen and oxygen atoms in total. The Morgan fingerprint density at radius 3 is 2.65 bits per heavy atom. The van der Waals surface area contributed by atoms with E-state index in [1.54, 1.807) is 18.2 Å². The third-order valence-corrected chi connectivity index (χ3v) is 2.85. The van der Waals surface area contributed by atoms with Gasteiger partial charge in [0.05, 0.1) is 0 Å². The van der Waals surface area contributed by atoms with Crippen LogP contribution in [0.4, 0.5) is 9.18 Å². The van der Waals surface area contributed by atoms with Crippen molar-refractivity contribution in [2.75, 3.05) is 0 Å². The number of hydrogen-bond acceptors (Lipinski definition) is 2. The Labute approximate surface area is 117 Å². The van der Waals surface area contributed by atoms with Gasteiger partial charge in [-0.3, -0.25) is 0 Å². The van der Waals surface area contributed by atoms with Crippen LogP contribution in [0.2, 0.25) is 0 Å². The van der Waals surface area contributed by atoms with Crippen molar-refractivity contribution in [3.05, 3.63) is 35.6 Å². The monoisotopic (exact) mass is 282 g/mol. The van der Waals surface area contributed by atoms with Crippen LogP contribution in [0.25, 0.3) is 0 Å². The second-order valence-corrected chi connectivity index (χ2v) is 4.45. The van der Waals surface area contributed by atoms with Gasteiger partial charge in [-0.2, -0.15) is 0 Å². The van der Waals surface area contributed by atoms with Gasteiger partial charge in [0, 0.05) is 12.1 Å². The van der Waals surface area contributed by atoms with Crippen molar-refractivity contribution in [3.8, 4) is 0 Å². The smallest absolute Gasteiger partial charge is 0.326 e. The maximum atomic E-state index is 13.3. The fourth-order valence-corrected chi connectivity index (χ4v) is 1.69. The van der Waals surface area contributed by atoms with Crippen LogP contribution in [-0.4, -0.2) is 23.1 Å². The lowest BCUT2D eigenvalue weighted by Gasteiger charge is -2.15. The van der Waals surface area contributed by atoms with Gasteiger partial charge in [-0.15, -0.1) is 0 Å². The quantitative estimate of drug-likeness (QED) is 0.718. The van der Waals surface area contributed by atoms with Gasteiger partial charge in [-0.1, -0.05) is 38.0 Å². The number of benzene rings is 1. The highest BCUT2D eigenvalue weighted by Gasteiger charge is 2.18. The maximum absolute atomic E-state index is 13.3. The van der Waals surface area contributed by atoms with E-state index < -0.39 is 23.9 Å². The maximum Gasteiger partial charge on any atom is 0.326 e. The van der Waals surface area contributed by atoms with E-state index in [0.29, 0.717) is 18.4 Å². The number of carbonyl (C=O) groups excluding carboxylic acids is 1. The van der Waals surface area contributed by atoms with E-state index in [0.717, 1.165) is 6.42 Å². The van der Waals surface area contributed by atoms with Gasteiger partial charge in [-0.05, 0) is 12.5 Å². The predicted molar refractivity (Wildman–Crippen MR) is 72.7 cm³/mol. The molecule has 1 aromatic carbocycles. The number of aliphatic carboxylic acids is 1. The van der Waals surface area contributed by atoms with Gasteiger partial charge < -0.3 is 15.7 Å². The number of halogens is 1. The highest BCUT2D eigenvalue weighted by Crippen LogP contribution is 2.05. The molecule has 0 bridgehead atoms. The van der Waals surface area contributed by atoms with Crippen LogP contribution >= 0.6 is 0 Å². The first-order chi connectivity index (χ1) is 9.54. The summed E-state index contributed by atoms with van der Waals surface area (Å²) in [6.07, 6.45) is 1.94. The van der Waals surface area contributed by atoms with Crippen molar-refractivity contribution in [1.29, 1.82) is 0 Å². The van der Waals surface area contributed by atoms with Crippen molar-refractivity contribution < 1.29 is 19.1 Å². The van der Waals surface area contributed by atoms with Gasteiger partial charge >= 0.3 is 12.0 Å². The third kappa shape index (κ3) is 5.26. The summed E-state index contributed by atoms with van der Waals surface area (Å²) in [7, 11) is 0. The standard InChI is InChI=1S/C14H19FN2O3/c1-2-3-8-12(13(18)19)17-14(20)16-9-10-6-4-5-7-11(10)15/h4-7,12H,2-3,8-9H2,1H3,(H,18,19)(H2,16,17,20)/t12-/m0/s1. The van der Waals surface area contributed by atoms with Crippen molar-refractivity contribution in [2.45, 2.75) is 38.8 Å². The van der Waals surface area contributed by atoms with Crippen LogP contribution < -0.4 is 10.6 Å². The Bertz CT molecular complexity index is 465. The Morgan fingerprint density at radius 2 is 2.05 bits per heavy atom. The van der Waals surface area contributed by atoms with Crippen LogP contribution in [-0.2, 0) is 11.3 Å². The second kappa shape index (κ2) is 8.14. The van der Waals surface area contributed by atoms with E-state index in [2.05, 4.69) is 10.6 Å². The van der Waals surface area contributed by atoms with E-state index in [1.807, 2.05) is 6.92 Å². The van der Waals surface area contributed by atoms with Gasteiger partial charge in [0.15, 0.2) is 0 Å². The molecule has 110 valence electrons. The number of hydrogen-bond donors (Lipinski definition) is 3. The zero-order valence-electron chi connectivity index (χ0n) is 11.4. The predicted octanol–water partition coefficient (Wildman–Crippen LogP) is 2.27. The van der Waals surface area contributed by atoms with Gasteiger partial charge in [0.2, 0.25) is 0 Å². The number of carboxylic acid groups (broad SMARTS) is 1. The summed E-state index contributed by atoms with van der Waals surface area (Å²) in [6, 6.07) is 4.55. The lowest BCUT2D eigenvalue weighted by Crippen LogP contribution is -2.45. The van der Waals surface area contributed by atoms with Crippen LogP contribution in [0, 0.1) is 5.82 Å². The third-order valence-electron chi connectivity index (χ3n) is 2.85. The average Bonchev–Trinajstić information content (AvgIpc) is 2.42. The number of carboxylic acids is 1. The van der Waals surface area contributed by atoms with E-state index >= 15 is 0 Å². The molecular formula is C14H19FN2O3. The van der Waals surface area contributed by atoms with Crippen molar-refractivity contribution in [3.63, 3.8) is 0 Å². The SMILES string of the molecule is CCCC[C@H](NC(=O)NCc1ccccc1F)C(=O)O. The molecule has 0 aliphatic heterocycles. The summed E-state index contributed by atoms with van der Waals surface area (Å²) in [5.74, 6) is -1.48. The molecule has 1 atom stereocenters. The zero-order valence-corrected chi connectivity index (χ0v) is 11.4. The summed E-state index contributed by atoms with van der Waals surface area (Å²) in [5, 5.41) is 13.8. The van der Waals surface area contributed by atoms with Crippen LogP contribution in [0.15, 0.2) is 24.3 Å². The topological polar surface area (TPSA) is 78.4 Å². The molecule has 0 saturated carbocycles. The summed E-state index contributed by atoms with van der Waals surface area (Å²) in [6.45, 7) is 1.95. The molecule has 0 fully saturated rings. The molecule has 0 aliphatic rings. The van der Waals surface area contributed by atoms with Crippen LogP contribution in [0.1, 0.15) is 31.7 Å². The largest absolute Gasteiger partial charge is 0.480 e. The molecule has 0 aliphatic carbocycles. The fraction of sp³-hybridized carbons (Fsp3) is 0.429. The summed E-state index contributed by atoms with van der Waals surface area (Å²) >= 11 is 0. The molecule has 1 rings (SSSR count). The molecular weight excluding hydrogens is 263 g/mol. The minimum absolute atomic E-state index is 0.0125. The Morgan fingerprint density at radius 1 is 1.35 bits per heavy atom. The molecule has 3 N–H and O–H groups in total. The Kier molecular flexibility index (Phi) is 6.49. The average molecular weight is 282 g/mol. The van der Waals surface area contributed by atoms with E-state index in [4.69, 9.17) is 5.11 Å². The number of urea groups is 1. The molecule has 1 aromatic rings. The van der Waals surface area contributed by atoms with Crippen molar-refractivity contribution in [2.24, 2.45) is 0 Å². The molecule has 2 amide bonds. The first-order valence-corrected chi connectivity index (χ1v) is 6.55. The Hall–Kier alpha value is -2.11. The lowest BCUT2D eigenvalue weighted by molar-refractivity contribution is -0.139. The van der Waals surface area contributed by atoms with Crippen LogP contribution in [0.5, 0.6) is 0 Å². The number of amides is 2. The zero-order chi connectivity index (χ0) is 15.0. The molecule has 6 heteroatoms. The summed E-state index contributed by atoms with van der Waals surface area (Å²) < 4.78 is 13.3. The second-order valence-electron chi connectivity index (χ2n) is 4.45. The fourth-order valence-electron chi connectivity index (χ4n) is 1.69. The summed E-state index contributed by atoms with van der Waals surface area (Å²) in [4.78, 5) is 22.6. The molecule has 0 unspecified atom stereocenters. The van der Waals surface area contributed by atoms with Crippen molar-refractivity contribution >= 4 is 12.0 Å². The number of unbranched alkanes of at least 4 members (excludes halogenated alkanes) is 1. The van der Waals surface area contributed by atoms with Gasteiger partial charge in [-0.25, -0.2) is 14.0 Å². The molecule has 0 heterocycles. The first kappa shape index (κ1) is 15.9. The van der Waals surface area contributed by atoms with Crippen molar-refractivity contribution in [1.82, 2.24) is 10.6 Å². The van der Waals surface area contributed by atoms with Gasteiger partial charge in [0.25, 0.3) is 0 Å². The molecule has 0 aromatic heterocycles. The number of rotatable bonds is 7. The normalized spacial score (nSPS) is 11.7. The minimum atomic E-state index is -1.07. The minimum Gasteiger partial charge on any atom is -0.480 e. The number of carbonyl (C=O) groups is 2. The first-order valence-electron chi connectivity index (χ1n) is 6.55. The lowest BCUT2D eigenvalue weighted by atomic mass is 10.1. The molecule has 0 spiro atoms. The highest BCUT2D eigenvalue weighted by molar-refractivity contribution is 5.82.